The van der Waals surface area contributed by atoms with Crippen molar-refractivity contribution >= 4 is 6.47 Å². The summed E-state index contributed by atoms with van der Waals surface area (Å²) in [6, 6.07) is 0. The first-order valence-corrected chi connectivity index (χ1v) is 2.84. The van der Waals surface area contributed by atoms with Gasteiger partial charge in [0.1, 0.15) is 0 Å². The summed E-state index contributed by atoms with van der Waals surface area (Å²) < 4.78 is 28.8. The second-order valence-corrected chi connectivity index (χ2v) is 2.16. The van der Waals surface area contributed by atoms with Crippen LogP contribution in [0.4, 0.5) is 8.78 Å². The van der Waals surface area contributed by atoms with Crippen molar-refractivity contribution in [3.63, 3.8) is 0 Å². The third-order valence-corrected chi connectivity index (χ3v) is 1.29. The lowest BCUT2D eigenvalue weighted by Crippen LogP contribution is -2.24. The third-order valence-electron chi connectivity index (χ3n) is 1.29. The zero-order valence-electron chi connectivity index (χ0n) is 5.14. The van der Waals surface area contributed by atoms with E-state index in [4.69, 9.17) is 0 Å². The molecule has 0 amide bonds. The monoisotopic (exact) mass is 151 g/mol. The molecule has 3 nitrogen and oxygen atoms in total. The quantitative estimate of drug-likeness (QED) is 0.569. The average Bonchev–Trinajstić information content (AvgIpc) is 2.12. The van der Waals surface area contributed by atoms with Crippen LogP contribution in [0.1, 0.15) is 6.42 Å². The molecule has 1 atom stereocenters. The second kappa shape index (κ2) is 2.49. The van der Waals surface area contributed by atoms with Gasteiger partial charge in [-0.25, -0.2) is 8.78 Å². The van der Waals surface area contributed by atoms with Gasteiger partial charge in [-0.15, -0.1) is 0 Å². The van der Waals surface area contributed by atoms with Gasteiger partial charge in [-0.05, 0) is 0 Å². The van der Waals surface area contributed by atoms with Crippen molar-refractivity contribution in [3.05, 3.63) is 0 Å². The molecule has 0 aromatic heterocycles. The molecule has 1 rings (SSSR count). The van der Waals surface area contributed by atoms with Crippen molar-refractivity contribution in [2.75, 3.05) is 6.54 Å². The molecule has 1 aliphatic rings. The van der Waals surface area contributed by atoms with E-state index in [0.717, 1.165) is 0 Å². The van der Waals surface area contributed by atoms with Crippen LogP contribution in [-0.4, -0.2) is 25.2 Å². The maximum atomic E-state index is 12.3. The number of carbonyl (C=O) groups is 1. The number of alkyl halides is 2. The second-order valence-electron chi connectivity index (χ2n) is 2.16. The highest BCUT2D eigenvalue weighted by Crippen LogP contribution is 2.24. The minimum absolute atomic E-state index is 0.166. The van der Waals surface area contributed by atoms with E-state index in [2.05, 4.69) is 10.1 Å². The van der Waals surface area contributed by atoms with E-state index in [9.17, 15) is 13.6 Å². The summed E-state index contributed by atoms with van der Waals surface area (Å²) in [5, 5.41) is 2.34. The first-order valence-electron chi connectivity index (χ1n) is 2.84. The van der Waals surface area contributed by atoms with Crippen molar-refractivity contribution in [1.82, 2.24) is 5.32 Å². The Balaban J connectivity index is 2.35. The Morgan fingerprint density at radius 2 is 2.40 bits per heavy atom. The van der Waals surface area contributed by atoms with Gasteiger partial charge in [0, 0.05) is 0 Å². The fourth-order valence-corrected chi connectivity index (χ4v) is 0.842. The fraction of sp³-hybridized carbons (Fsp3) is 0.800. The molecule has 1 aliphatic heterocycles. The summed E-state index contributed by atoms with van der Waals surface area (Å²) in [4.78, 5) is 9.66. The topological polar surface area (TPSA) is 38.3 Å². The predicted molar refractivity (Wildman–Crippen MR) is 28.5 cm³/mol. The summed E-state index contributed by atoms with van der Waals surface area (Å²) in [6.45, 7) is -0.245. The van der Waals surface area contributed by atoms with E-state index >= 15 is 0 Å². The summed E-state index contributed by atoms with van der Waals surface area (Å²) >= 11 is 0. The van der Waals surface area contributed by atoms with Gasteiger partial charge in [0.2, 0.25) is 0 Å². The van der Waals surface area contributed by atoms with E-state index in [1.54, 1.807) is 0 Å². The van der Waals surface area contributed by atoms with E-state index in [1.165, 1.54) is 0 Å². The lowest BCUT2D eigenvalue weighted by molar-refractivity contribution is -0.135. The SMILES string of the molecule is O=CO[C@@H]1CC(F)(F)CN1. The molecule has 0 aromatic carbocycles. The van der Waals surface area contributed by atoms with Gasteiger partial charge in [0.15, 0.2) is 6.23 Å². The molecule has 0 bridgehead atoms. The molecule has 1 fully saturated rings. The Bertz CT molecular complexity index is 140. The lowest BCUT2D eigenvalue weighted by Gasteiger charge is -2.06. The van der Waals surface area contributed by atoms with Gasteiger partial charge in [-0.1, -0.05) is 0 Å². The molecular weight excluding hydrogens is 144 g/mol. The zero-order chi connectivity index (χ0) is 7.61. The predicted octanol–water partition coefficient (Wildman–Crippen LogP) is 0.114. The van der Waals surface area contributed by atoms with Gasteiger partial charge in [0.25, 0.3) is 12.4 Å². The largest absolute Gasteiger partial charge is 0.449 e. The first kappa shape index (κ1) is 7.40. The standard InChI is InChI=1S/C5H7F2NO2/c6-5(7)1-4(8-2-5)10-3-9/h3-4,8H,1-2H2/t4-/m1/s1. The highest BCUT2D eigenvalue weighted by molar-refractivity contribution is 5.37. The summed E-state index contributed by atoms with van der Waals surface area (Å²) in [7, 11) is 0. The van der Waals surface area contributed by atoms with Gasteiger partial charge >= 0.3 is 0 Å². The van der Waals surface area contributed by atoms with Gasteiger partial charge in [0.05, 0.1) is 13.0 Å². The van der Waals surface area contributed by atoms with Crippen LogP contribution in [0.25, 0.3) is 0 Å². The molecule has 0 radical (unpaired) electrons. The number of rotatable bonds is 2. The molecule has 1 N–H and O–H groups in total. The zero-order valence-corrected chi connectivity index (χ0v) is 5.14. The van der Waals surface area contributed by atoms with E-state index < -0.39 is 25.1 Å². The smallest absolute Gasteiger partial charge is 0.294 e. The molecule has 0 aliphatic carbocycles. The van der Waals surface area contributed by atoms with Gasteiger partial charge in [-0.3, -0.25) is 10.1 Å². The van der Waals surface area contributed by atoms with Crippen LogP contribution >= 0.6 is 0 Å². The fourth-order valence-electron chi connectivity index (χ4n) is 0.842. The van der Waals surface area contributed by atoms with Crippen LogP contribution in [0.2, 0.25) is 0 Å². The van der Waals surface area contributed by atoms with Crippen molar-refractivity contribution in [2.45, 2.75) is 18.6 Å². The highest BCUT2D eigenvalue weighted by atomic mass is 19.3. The maximum absolute atomic E-state index is 12.3. The Kier molecular flexibility index (Phi) is 1.85. The first-order chi connectivity index (χ1) is 4.64. The summed E-state index contributed by atoms with van der Waals surface area (Å²) in [5.41, 5.74) is 0. The number of carbonyl (C=O) groups excluding carboxylic acids is 1. The number of nitrogens with one attached hydrogen (secondary N) is 1. The normalized spacial score (nSPS) is 30.0. The Morgan fingerprint density at radius 3 is 2.80 bits per heavy atom. The van der Waals surface area contributed by atoms with Crippen molar-refractivity contribution in [3.8, 4) is 0 Å². The Morgan fingerprint density at radius 1 is 1.70 bits per heavy atom. The third kappa shape index (κ3) is 1.63. The summed E-state index contributed by atoms with van der Waals surface area (Å²) in [5.74, 6) is -2.73. The van der Waals surface area contributed by atoms with Crippen LogP contribution in [0, 0.1) is 0 Å². The Hall–Kier alpha value is -0.710. The van der Waals surface area contributed by atoms with E-state index in [-0.39, 0.29) is 6.47 Å². The molecule has 0 unspecified atom stereocenters. The summed E-state index contributed by atoms with van der Waals surface area (Å²) in [6.07, 6.45) is -1.24. The molecule has 0 aromatic rings. The average molecular weight is 151 g/mol. The number of hydrogen-bond donors (Lipinski definition) is 1. The van der Waals surface area contributed by atoms with Gasteiger partial charge < -0.3 is 4.74 Å². The molecule has 1 heterocycles. The van der Waals surface area contributed by atoms with Crippen LogP contribution in [-0.2, 0) is 9.53 Å². The molecular formula is C5H7F2NO2. The van der Waals surface area contributed by atoms with Crippen LogP contribution in [0.15, 0.2) is 0 Å². The molecule has 0 saturated carbocycles. The minimum atomic E-state index is -2.73. The van der Waals surface area contributed by atoms with Crippen molar-refractivity contribution < 1.29 is 18.3 Å². The van der Waals surface area contributed by atoms with Crippen molar-refractivity contribution in [2.24, 2.45) is 0 Å². The van der Waals surface area contributed by atoms with E-state index in [0.29, 0.717) is 0 Å². The van der Waals surface area contributed by atoms with Gasteiger partial charge in [-0.2, -0.15) is 0 Å². The Labute approximate surface area is 56.3 Å². The van der Waals surface area contributed by atoms with Crippen LogP contribution in [0.3, 0.4) is 0 Å². The minimum Gasteiger partial charge on any atom is -0.449 e. The molecule has 1 saturated heterocycles. The van der Waals surface area contributed by atoms with E-state index in [1.807, 2.05) is 0 Å². The number of ether oxygens (including phenoxy) is 1. The van der Waals surface area contributed by atoms with Crippen LogP contribution < -0.4 is 5.32 Å². The number of hydrogen-bond acceptors (Lipinski definition) is 3. The molecule has 58 valence electrons. The lowest BCUT2D eigenvalue weighted by atomic mass is 10.3. The highest BCUT2D eigenvalue weighted by Gasteiger charge is 2.40. The molecule has 0 spiro atoms. The molecule has 5 heteroatoms. The maximum Gasteiger partial charge on any atom is 0.294 e. The number of halogens is 2. The van der Waals surface area contributed by atoms with Crippen LogP contribution in [0.5, 0.6) is 0 Å². The molecule has 10 heavy (non-hydrogen) atoms. The van der Waals surface area contributed by atoms with Crippen molar-refractivity contribution in [1.29, 1.82) is 0 Å².